The van der Waals surface area contributed by atoms with Gasteiger partial charge in [0.15, 0.2) is 0 Å². The number of rotatable bonds is 3. The van der Waals surface area contributed by atoms with Gasteiger partial charge in [-0.2, -0.15) is 5.10 Å². The monoisotopic (exact) mass is 318 g/mol. The Morgan fingerprint density at radius 2 is 1.54 bits per heavy atom. The number of fused-ring (bicyclic) bond motifs is 1. The molecule has 4 rings (SSSR count). The van der Waals surface area contributed by atoms with Crippen LogP contribution in [0.15, 0.2) is 73.2 Å². The van der Waals surface area contributed by atoms with Crippen molar-refractivity contribution in [1.29, 1.82) is 0 Å². The minimum absolute atomic E-state index is 0.291. The Kier molecular flexibility index (Phi) is 3.36. The van der Waals surface area contributed by atoms with Crippen molar-refractivity contribution < 1.29 is 4.39 Å². The predicted molar refractivity (Wildman–Crippen MR) is 90.8 cm³/mol. The van der Waals surface area contributed by atoms with E-state index in [1.165, 1.54) is 12.1 Å². The molecule has 24 heavy (non-hydrogen) atoms. The van der Waals surface area contributed by atoms with Crippen LogP contribution >= 0.6 is 0 Å². The third-order valence-electron chi connectivity index (χ3n) is 4.33. The quantitative estimate of drug-likeness (QED) is 0.609. The average molecular weight is 318 g/mol. The molecule has 0 saturated carbocycles. The zero-order chi connectivity index (χ0) is 16.6. The third-order valence-corrected chi connectivity index (χ3v) is 4.33. The molecule has 0 aliphatic rings. The van der Waals surface area contributed by atoms with Crippen molar-refractivity contribution in [2.45, 2.75) is 5.54 Å². The van der Waals surface area contributed by atoms with Crippen molar-refractivity contribution in [2.24, 2.45) is 5.73 Å². The maximum absolute atomic E-state index is 13.4. The lowest BCUT2D eigenvalue weighted by atomic mass is 9.78. The van der Waals surface area contributed by atoms with E-state index in [-0.39, 0.29) is 5.82 Å². The van der Waals surface area contributed by atoms with Crippen LogP contribution in [0, 0.1) is 5.82 Å². The number of nitrogens with two attached hydrogens (primary N) is 1. The molecular weight excluding hydrogens is 303 g/mol. The van der Waals surface area contributed by atoms with Gasteiger partial charge in [-0.1, -0.05) is 18.2 Å². The minimum Gasteiger partial charge on any atom is -0.314 e. The maximum Gasteiger partial charge on any atom is 0.123 e. The van der Waals surface area contributed by atoms with Gasteiger partial charge in [-0.25, -0.2) is 4.39 Å². The molecule has 0 aliphatic heterocycles. The van der Waals surface area contributed by atoms with E-state index < -0.39 is 5.54 Å². The lowest BCUT2D eigenvalue weighted by Gasteiger charge is -2.31. The summed E-state index contributed by atoms with van der Waals surface area (Å²) in [5, 5.41) is 7.96. The number of pyridine rings is 1. The number of halogens is 1. The summed E-state index contributed by atoms with van der Waals surface area (Å²) in [6.07, 6.45) is 5.17. The maximum atomic E-state index is 13.4. The highest BCUT2D eigenvalue weighted by atomic mass is 19.1. The van der Waals surface area contributed by atoms with E-state index in [4.69, 9.17) is 5.73 Å². The average Bonchev–Trinajstić information content (AvgIpc) is 3.10. The number of aromatic amines is 1. The van der Waals surface area contributed by atoms with Gasteiger partial charge in [-0.3, -0.25) is 10.1 Å². The molecule has 0 saturated heterocycles. The molecule has 0 fully saturated rings. The molecule has 0 radical (unpaired) electrons. The first-order valence-electron chi connectivity index (χ1n) is 7.57. The number of hydrogen-bond acceptors (Lipinski definition) is 3. The zero-order valence-corrected chi connectivity index (χ0v) is 12.8. The summed E-state index contributed by atoms with van der Waals surface area (Å²) in [7, 11) is 0. The molecule has 2 aromatic carbocycles. The highest BCUT2D eigenvalue weighted by Crippen LogP contribution is 2.35. The molecule has 2 heterocycles. The predicted octanol–water partition coefficient (Wildman–Crippen LogP) is 3.35. The van der Waals surface area contributed by atoms with Crippen LogP contribution in [-0.4, -0.2) is 15.2 Å². The van der Waals surface area contributed by atoms with E-state index in [0.29, 0.717) is 0 Å². The van der Waals surface area contributed by atoms with Crippen LogP contribution in [0.4, 0.5) is 4.39 Å². The summed E-state index contributed by atoms with van der Waals surface area (Å²) in [6.45, 7) is 0. The molecule has 0 amide bonds. The van der Waals surface area contributed by atoms with Crippen molar-refractivity contribution >= 4 is 10.9 Å². The van der Waals surface area contributed by atoms with Gasteiger partial charge in [0.2, 0.25) is 0 Å². The molecule has 4 aromatic rings. The normalized spacial score (nSPS) is 13.8. The molecular formula is C19H15FN4. The van der Waals surface area contributed by atoms with Crippen molar-refractivity contribution in [1.82, 2.24) is 15.2 Å². The van der Waals surface area contributed by atoms with Crippen LogP contribution in [0.2, 0.25) is 0 Å². The van der Waals surface area contributed by atoms with Gasteiger partial charge in [0.05, 0.1) is 17.3 Å². The number of benzene rings is 2. The smallest absolute Gasteiger partial charge is 0.123 e. The van der Waals surface area contributed by atoms with Crippen LogP contribution < -0.4 is 5.73 Å². The fraction of sp³-hybridized carbons (Fsp3) is 0.0526. The van der Waals surface area contributed by atoms with Gasteiger partial charge >= 0.3 is 0 Å². The van der Waals surface area contributed by atoms with Crippen LogP contribution in [0.3, 0.4) is 0 Å². The molecule has 5 heteroatoms. The fourth-order valence-corrected chi connectivity index (χ4v) is 3.02. The van der Waals surface area contributed by atoms with Crippen molar-refractivity contribution in [3.05, 3.63) is 95.7 Å². The largest absolute Gasteiger partial charge is 0.314 e. The van der Waals surface area contributed by atoms with E-state index >= 15 is 0 Å². The van der Waals surface area contributed by atoms with Crippen molar-refractivity contribution in [3.8, 4) is 0 Å². The highest BCUT2D eigenvalue weighted by Gasteiger charge is 2.32. The van der Waals surface area contributed by atoms with E-state index in [1.54, 1.807) is 30.7 Å². The molecule has 4 nitrogen and oxygen atoms in total. The topological polar surface area (TPSA) is 67.6 Å². The number of aromatic nitrogens is 3. The van der Waals surface area contributed by atoms with Gasteiger partial charge in [0.25, 0.3) is 0 Å². The Bertz CT molecular complexity index is 979. The van der Waals surface area contributed by atoms with Crippen LogP contribution in [0.5, 0.6) is 0 Å². The number of nitrogens with one attached hydrogen (secondary N) is 1. The van der Waals surface area contributed by atoms with E-state index in [0.717, 1.165) is 27.6 Å². The van der Waals surface area contributed by atoms with Gasteiger partial charge in [-0.15, -0.1) is 0 Å². The summed E-state index contributed by atoms with van der Waals surface area (Å²) in [5.41, 5.74) is 9.50. The summed E-state index contributed by atoms with van der Waals surface area (Å²) < 4.78 is 13.4. The van der Waals surface area contributed by atoms with Gasteiger partial charge < -0.3 is 5.73 Å². The summed E-state index contributed by atoms with van der Waals surface area (Å²) in [6, 6.07) is 16.0. The molecule has 118 valence electrons. The second-order valence-corrected chi connectivity index (χ2v) is 5.72. The van der Waals surface area contributed by atoms with Gasteiger partial charge in [-0.05, 0) is 53.1 Å². The molecule has 2 aromatic heterocycles. The Labute approximate surface area is 138 Å². The summed E-state index contributed by atoms with van der Waals surface area (Å²) in [5.74, 6) is -0.291. The van der Waals surface area contributed by atoms with Gasteiger partial charge in [0, 0.05) is 17.8 Å². The lowest BCUT2D eigenvalue weighted by Crippen LogP contribution is -2.39. The minimum atomic E-state index is -0.915. The standard InChI is InChI=1S/C19H15FN4/c20-17-4-1-14(2-5-17)19(21,15-7-9-22-10-8-15)16-3-6-18-13(11-16)12-23-24-18/h1-12H,21H2,(H,23,24). The van der Waals surface area contributed by atoms with Crippen LogP contribution in [-0.2, 0) is 5.54 Å². The third kappa shape index (κ3) is 2.26. The summed E-state index contributed by atoms with van der Waals surface area (Å²) >= 11 is 0. The second-order valence-electron chi connectivity index (χ2n) is 5.72. The van der Waals surface area contributed by atoms with E-state index in [9.17, 15) is 4.39 Å². The highest BCUT2D eigenvalue weighted by molar-refractivity contribution is 5.79. The lowest BCUT2D eigenvalue weighted by molar-refractivity contribution is 0.617. The van der Waals surface area contributed by atoms with Gasteiger partial charge in [0.1, 0.15) is 5.82 Å². The van der Waals surface area contributed by atoms with Crippen molar-refractivity contribution in [3.63, 3.8) is 0 Å². The first-order chi connectivity index (χ1) is 11.7. The fourth-order valence-electron chi connectivity index (χ4n) is 3.02. The first kappa shape index (κ1) is 14.5. The van der Waals surface area contributed by atoms with Crippen molar-refractivity contribution in [2.75, 3.05) is 0 Å². The Morgan fingerprint density at radius 1 is 0.875 bits per heavy atom. The molecule has 0 spiro atoms. The Balaban J connectivity index is 1.97. The summed E-state index contributed by atoms with van der Waals surface area (Å²) in [4.78, 5) is 4.07. The SMILES string of the molecule is NC(c1ccncc1)(c1ccc(F)cc1)c1ccc2[nH]ncc2c1. The number of nitrogens with zero attached hydrogens (tertiary/aromatic N) is 2. The zero-order valence-electron chi connectivity index (χ0n) is 12.8. The molecule has 0 bridgehead atoms. The second kappa shape index (κ2) is 5.54. The number of hydrogen-bond donors (Lipinski definition) is 2. The molecule has 1 atom stereocenters. The van der Waals surface area contributed by atoms with E-state index in [1.807, 2.05) is 30.3 Å². The number of H-pyrrole nitrogens is 1. The molecule has 3 N–H and O–H groups in total. The molecule has 0 aliphatic carbocycles. The molecule has 1 unspecified atom stereocenters. The first-order valence-corrected chi connectivity index (χ1v) is 7.57. The van der Waals surface area contributed by atoms with Crippen LogP contribution in [0.1, 0.15) is 16.7 Å². The Morgan fingerprint density at radius 3 is 2.29 bits per heavy atom. The Hall–Kier alpha value is -3.05. The van der Waals surface area contributed by atoms with E-state index in [2.05, 4.69) is 15.2 Å². The van der Waals surface area contributed by atoms with Crippen LogP contribution in [0.25, 0.3) is 10.9 Å².